The molecular formula is C21H21N3O5S. The van der Waals surface area contributed by atoms with Crippen molar-refractivity contribution in [3.8, 4) is 0 Å². The summed E-state index contributed by atoms with van der Waals surface area (Å²) in [5, 5.41) is 3.36. The summed E-state index contributed by atoms with van der Waals surface area (Å²) < 4.78 is 32.6. The fraction of sp³-hybridized carbons (Fsp3) is 0.238. The van der Waals surface area contributed by atoms with Crippen LogP contribution in [0.25, 0.3) is 10.9 Å². The van der Waals surface area contributed by atoms with E-state index in [1.54, 1.807) is 37.3 Å². The molecule has 2 aromatic carbocycles. The van der Waals surface area contributed by atoms with E-state index in [1.165, 1.54) is 16.4 Å². The number of fused-ring (bicyclic) bond motifs is 1. The first kappa shape index (κ1) is 20.3. The molecule has 3 aromatic rings. The van der Waals surface area contributed by atoms with Gasteiger partial charge in [0.05, 0.1) is 18.1 Å². The number of benzene rings is 2. The van der Waals surface area contributed by atoms with Gasteiger partial charge in [-0.05, 0) is 42.1 Å². The van der Waals surface area contributed by atoms with Crippen LogP contribution in [0.1, 0.15) is 15.9 Å². The fourth-order valence-electron chi connectivity index (χ4n) is 3.40. The maximum atomic E-state index is 13.0. The molecule has 0 bridgehead atoms. The number of nitrogens with zero attached hydrogens (tertiary/aromatic N) is 1. The van der Waals surface area contributed by atoms with E-state index in [2.05, 4.69) is 10.3 Å². The third-order valence-corrected chi connectivity index (χ3v) is 7.07. The Hall–Kier alpha value is -3.01. The van der Waals surface area contributed by atoms with E-state index in [-0.39, 0.29) is 23.5 Å². The Labute approximate surface area is 173 Å². The normalized spacial score (nSPS) is 15.2. The molecule has 1 saturated heterocycles. The van der Waals surface area contributed by atoms with E-state index in [0.717, 1.165) is 5.39 Å². The Morgan fingerprint density at radius 3 is 2.60 bits per heavy atom. The Kier molecular flexibility index (Phi) is 5.42. The van der Waals surface area contributed by atoms with Crippen molar-refractivity contribution >= 4 is 32.5 Å². The summed E-state index contributed by atoms with van der Waals surface area (Å²) in [6.45, 7) is 2.96. The van der Waals surface area contributed by atoms with Crippen LogP contribution in [-0.4, -0.2) is 49.9 Å². The lowest BCUT2D eigenvalue weighted by atomic mass is 10.1. The molecule has 0 saturated carbocycles. The number of aromatic nitrogens is 1. The number of pyridine rings is 1. The van der Waals surface area contributed by atoms with E-state index in [0.29, 0.717) is 30.0 Å². The third kappa shape index (κ3) is 3.87. The summed E-state index contributed by atoms with van der Waals surface area (Å²) in [6.07, 6.45) is 0. The molecule has 0 atom stereocenters. The Morgan fingerprint density at radius 2 is 1.83 bits per heavy atom. The molecule has 1 fully saturated rings. The molecule has 0 radical (unpaired) electrons. The van der Waals surface area contributed by atoms with Gasteiger partial charge in [0.25, 0.3) is 11.5 Å². The molecule has 1 aliphatic heterocycles. The minimum Gasteiger partial charge on any atom is -0.379 e. The summed E-state index contributed by atoms with van der Waals surface area (Å²) in [5.41, 5.74) is 0.938. The second-order valence-corrected chi connectivity index (χ2v) is 8.96. The lowest BCUT2D eigenvalue weighted by Gasteiger charge is -2.26. The quantitative estimate of drug-likeness (QED) is 0.663. The number of para-hydroxylation sites is 1. The first-order chi connectivity index (χ1) is 14.4. The van der Waals surface area contributed by atoms with Crippen molar-refractivity contribution in [2.45, 2.75) is 11.8 Å². The van der Waals surface area contributed by atoms with Gasteiger partial charge >= 0.3 is 0 Å². The van der Waals surface area contributed by atoms with Crippen molar-refractivity contribution in [2.75, 3.05) is 31.6 Å². The van der Waals surface area contributed by atoms with E-state index < -0.39 is 21.5 Å². The zero-order valence-corrected chi connectivity index (χ0v) is 17.2. The van der Waals surface area contributed by atoms with Gasteiger partial charge in [-0.25, -0.2) is 8.42 Å². The molecule has 1 aromatic heterocycles. The van der Waals surface area contributed by atoms with Gasteiger partial charge in [-0.1, -0.05) is 24.3 Å². The highest BCUT2D eigenvalue weighted by molar-refractivity contribution is 7.89. The van der Waals surface area contributed by atoms with Crippen LogP contribution in [-0.2, 0) is 14.8 Å². The Balaban J connectivity index is 1.64. The minimum atomic E-state index is -3.72. The zero-order valence-electron chi connectivity index (χ0n) is 16.3. The van der Waals surface area contributed by atoms with E-state index in [4.69, 9.17) is 4.74 Å². The molecule has 156 valence electrons. The van der Waals surface area contributed by atoms with Crippen LogP contribution in [0.4, 0.5) is 5.69 Å². The highest BCUT2D eigenvalue weighted by Gasteiger charge is 2.28. The SMILES string of the molecule is Cc1ccc(NC(=O)c2cc3ccccc3[nH]c2=O)cc1S(=O)(=O)N1CCOCC1. The highest BCUT2D eigenvalue weighted by atomic mass is 32.2. The lowest BCUT2D eigenvalue weighted by Crippen LogP contribution is -2.40. The minimum absolute atomic E-state index is 0.0492. The number of aryl methyl sites for hydroxylation is 1. The van der Waals surface area contributed by atoms with Crippen molar-refractivity contribution in [2.24, 2.45) is 0 Å². The zero-order chi connectivity index (χ0) is 21.3. The standard InChI is InChI=1S/C21H21N3O5S/c1-14-6-7-16(13-19(14)30(27,28)24-8-10-29-11-9-24)22-20(25)17-12-15-4-2-3-5-18(15)23-21(17)26/h2-7,12-13H,8-11H2,1H3,(H,22,25)(H,23,26). The Morgan fingerprint density at radius 1 is 1.10 bits per heavy atom. The van der Waals surface area contributed by atoms with Crippen molar-refractivity contribution in [1.82, 2.24) is 9.29 Å². The van der Waals surface area contributed by atoms with Gasteiger partial charge in [-0.15, -0.1) is 0 Å². The first-order valence-electron chi connectivity index (χ1n) is 9.48. The van der Waals surface area contributed by atoms with Crippen LogP contribution in [0.3, 0.4) is 0 Å². The van der Waals surface area contributed by atoms with Crippen LogP contribution in [0, 0.1) is 6.92 Å². The number of carbonyl (C=O) groups is 1. The smallest absolute Gasteiger partial charge is 0.261 e. The van der Waals surface area contributed by atoms with Gasteiger partial charge in [0.2, 0.25) is 10.0 Å². The molecule has 1 aliphatic rings. The number of H-pyrrole nitrogens is 1. The third-order valence-electron chi connectivity index (χ3n) is 5.03. The molecule has 2 heterocycles. The summed E-state index contributed by atoms with van der Waals surface area (Å²) in [7, 11) is -3.72. The van der Waals surface area contributed by atoms with Crippen LogP contribution < -0.4 is 10.9 Å². The number of nitrogens with one attached hydrogen (secondary N) is 2. The average Bonchev–Trinajstić information content (AvgIpc) is 2.75. The van der Waals surface area contributed by atoms with Crippen LogP contribution in [0.15, 0.2) is 58.2 Å². The van der Waals surface area contributed by atoms with E-state index in [9.17, 15) is 18.0 Å². The van der Waals surface area contributed by atoms with E-state index >= 15 is 0 Å². The molecule has 8 nitrogen and oxygen atoms in total. The molecule has 0 unspecified atom stereocenters. The number of amides is 1. The second kappa shape index (κ2) is 8.02. The number of hydrogen-bond donors (Lipinski definition) is 2. The van der Waals surface area contributed by atoms with Crippen molar-refractivity contribution in [3.05, 3.63) is 70.0 Å². The van der Waals surface area contributed by atoms with Gasteiger partial charge in [0.1, 0.15) is 5.56 Å². The number of morpholine rings is 1. The first-order valence-corrected chi connectivity index (χ1v) is 10.9. The van der Waals surface area contributed by atoms with Crippen molar-refractivity contribution in [3.63, 3.8) is 0 Å². The number of sulfonamides is 1. The van der Waals surface area contributed by atoms with Crippen LogP contribution in [0.2, 0.25) is 0 Å². The molecule has 2 N–H and O–H groups in total. The van der Waals surface area contributed by atoms with Crippen LogP contribution >= 0.6 is 0 Å². The molecule has 9 heteroatoms. The number of carbonyl (C=O) groups excluding carboxylic acids is 1. The second-order valence-electron chi connectivity index (χ2n) is 7.05. The summed E-state index contributed by atoms with van der Waals surface area (Å²) in [5.74, 6) is -0.611. The molecule has 0 aliphatic carbocycles. The monoisotopic (exact) mass is 427 g/mol. The predicted molar refractivity (Wildman–Crippen MR) is 113 cm³/mol. The predicted octanol–water partition coefficient (Wildman–Crippen LogP) is 2.11. The van der Waals surface area contributed by atoms with Crippen LogP contribution in [0.5, 0.6) is 0 Å². The van der Waals surface area contributed by atoms with Gasteiger partial charge in [-0.3, -0.25) is 9.59 Å². The van der Waals surface area contributed by atoms with Gasteiger partial charge in [0, 0.05) is 24.3 Å². The molecule has 0 spiro atoms. The van der Waals surface area contributed by atoms with E-state index in [1.807, 2.05) is 6.07 Å². The maximum absolute atomic E-state index is 13.0. The lowest BCUT2D eigenvalue weighted by molar-refractivity contribution is 0.0730. The summed E-state index contributed by atoms with van der Waals surface area (Å²) in [6, 6.07) is 13.3. The number of anilines is 1. The fourth-order valence-corrected chi connectivity index (χ4v) is 5.06. The molecule has 30 heavy (non-hydrogen) atoms. The van der Waals surface area contributed by atoms with Crippen molar-refractivity contribution in [1.29, 1.82) is 0 Å². The molecule has 1 amide bonds. The number of ether oxygens (including phenoxy) is 1. The summed E-state index contributed by atoms with van der Waals surface area (Å²) >= 11 is 0. The Bertz CT molecular complexity index is 1280. The average molecular weight is 427 g/mol. The topological polar surface area (TPSA) is 109 Å². The van der Waals surface area contributed by atoms with Gasteiger partial charge in [0.15, 0.2) is 0 Å². The number of aromatic amines is 1. The molecular weight excluding hydrogens is 406 g/mol. The number of hydrogen-bond acceptors (Lipinski definition) is 5. The van der Waals surface area contributed by atoms with Gasteiger partial charge in [-0.2, -0.15) is 4.31 Å². The molecule has 4 rings (SSSR count). The highest BCUT2D eigenvalue weighted by Crippen LogP contribution is 2.24. The summed E-state index contributed by atoms with van der Waals surface area (Å²) in [4.78, 5) is 27.8. The number of rotatable bonds is 4. The van der Waals surface area contributed by atoms with Crippen molar-refractivity contribution < 1.29 is 17.9 Å². The largest absolute Gasteiger partial charge is 0.379 e. The van der Waals surface area contributed by atoms with Gasteiger partial charge < -0.3 is 15.0 Å². The maximum Gasteiger partial charge on any atom is 0.261 e.